The minimum absolute atomic E-state index is 0.552. The van der Waals surface area contributed by atoms with Crippen molar-refractivity contribution < 1.29 is 0 Å². The van der Waals surface area contributed by atoms with Gasteiger partial charge in [-0.25, -0.2) is 0 Å². The first kappa shape index (κ1) is 9.71. The molecule has 1 aromatic heterocycles. The Morgan fingerprint density at radius 3 is 3.14 bits per heavy atom. The molecule has 1 saturated heterocycles. The molecule has 1 aromatic rings. The summed E-state index contributed by atoms with van der Waals surface area (Å²) in [5.41, 5.74) is 1.35. The van der Waals surface area contributed by atoms with Crippen molar-refractivity contribution in [2.45, 2.75) is 39.3 Å². The van der Waals surface area contributed by atoms with E-state index >= 15 is 0 Å². The molecule has 2 heterocycles. The molecule has 0 saturated carbocycles. The highest BCUT2D eigenvalue weighted by Gasteiger charge is 2.17. The molecule has 3 heteroatoms. The number of aromatic nitrogens is 2. The van der Waals surface area contributed by atoms with Crippen molar-refractivity contribution in [3.63, 3.8) is 0 Å². The van der Waals surface area contributed by atoms with Gasteiger partial charge in [0.25, 0.3) is 0 Å². The summed E-state index contributed by atoms with van der Waals surface area (Å²) in [6, 6.07) is 0.552. The molecule has 1 aliphatic rings. The summed E-state index contributed by atoms with van der Waals surface area (Å²) in [5, 5.41) is 7.86. The Bertz CT molecular complexity index is 284. The smallest absolute Gasteiger partial charge is 0.0537 e. The van der Waals surface area contributed by atoms with E-state index in [4.69, 9.17) is 0 Å². The van der Waals surface area contributed by atoms with Gasteiger partial charge in [0.15, 0.2) is 0 Å². The Morgan fingerprint density at radius 1 is 1.64 bits per heavy atom. The zero-order valence-electron chi connectivity index (χ0n) is 9.03. The maximum atomic E-state index is 4.38. The summed E-state index contributed by atoms with van der Waals surface area (Å²) < 4.78 is 2.06. The van der Waals surface area contributed by atoms with E-state index in [1.54, 1.807) is 0 Å². The van der Waals surface area contributed by atoms with Crippen LogP contribution in [-0.2, 0) is 6.54 Å². The third-order valence-electron chi connectivity index (χ3n) is 2.67. The van der Waals surface area contributed by atoms with Crippen molar-refractivity contribution in [3.05, 3.63) is 18.0 Å². The molecule has 1 fully saturated rings. The summed E-state index contributed by atoms with van der Waals surface area (Å²) in [4.78, 5) is 0. The average molecular weight is 193 g/mol. The van der Waals surface area contributed by atoms with Crippen LogP contribution < -0.4 is 5.32 Å². The Kier molecular flexibility index (Phi) is 2.87. The third kappa shape index (κ3) is 2.15. The van der Waals surface area contributed by atoms with Gasteiger partial charge < -0.3 is 5.32 Å². The first-order valence-corrected chi connectivity index (χ1v) is 5.51. The molecular weight excluding hydrogens is 174 g/mol. The predicted molar refractivity (Wildman–Crippen MR) is 57.0 cm³/mol. The van der Waals surface area contributed by atoms with E-state index in [0.717, 1.165) is 13.1 Å². The summed E-state index contributed by atoms with van der Waals surface area (Å²) in [5.74, 6) is 0.666. The van der Waals surface area contributed by atoms with Gasteiger partial charge in [0, 0.05) is 24.3 Å². The van der Waals surface area contributed by atoms with Gasteiger partial charge in [-0.3, -0.25) is 4.68 Å². The summed E-state index contributed by atoms with van der Waals surface area (Å²) >= 11 is 0. The van der Waals surface area contributed by atoms with Crippen LogP contribution >= 0.6 is 0 Å². The minimum Gasteiger partial charge on any atom is -0.310 e. The molecule has 0 bridgehead atoms. The fraction of sp³-hybridized carbons (Fsp3) is 0.727. The van der Waals surface area contributed by atoms with Gasteiger partial charge in [0.1, 0.15) is 0 Å². The molecule has 0 aromatic carbocycles. The van der Waals surface area contributed by atoms with Crippen LogP contribution in [0.3, 0.4) is 0 Å². The van der Waals surface area contributed by atoms with Crippen molar-refractivity contribution >= 4 is 0 Å². The van der Waals surface area contributed by atoms with Crippen LogP contribution in [-0.4, -0.2) is 16.3 Å². The molecule has 1 aliphatic heterocycles. The van der Waals surface area contributed by atoms with Crippen molar-refractivity contribution in [3.8, 4) is 0 Å². The lowest BCUT2D eigenvalue weighted by Gasteiger charge is -2.06. The number of rotatable bonds is 3. The summed E-state index contributed by atoms with van der Waals surface area (Å²) in [6.07, 6.45) is 6.74. The second-order valence-electron chi connectivity index (χ2n) is 4.54. The average Bonchev–Trinajstić information content (AvgIpc) is 2.69. The Labute approximate surface area is 85.5 Å². The SMILES string of the molecule is CC(C)Cn1cc(C2CCCN2)cn1. The number of nitrogens with one attached hydrogen (secondary N) is 1. The van der Waals surface area contributed by atoms with E-state index in [2.05, 4.69) is 35.1 Å². The fourth-order valence-electron chi connectivity index (χ4n) is 2.00. The normalized spacial score (nSPS) is 22.1. The molecule has 1 N–H and O–H groups in total. The molecule has 1 atom stereocenters. The topological polar surface area (TPSA) is 29.9 Å². The van der Waals surface area contributed by atoms with Crippen LogP contribution in [0.5, 0.6) is 0 Å². The molecule has 0 aliphatic carbocycles. The second kappa shape index (κ2) is 4.13. The standard InChI is InChI=1S/C11H19N3/c1-9(2)7-14-8-10(6-13-14)11-4-3-5-12-11/h6,8-9,11-12H,3-5,7H2,1-2H3. The van der Waals surface area contributed by atoms with Crippen molar-refractivity contribution in [1.29, 1.82) is 0 Å². The monoisotopic (exact) mass is 193 g/mol. The highest BCUT2D eigenvalue weighted by atomic mass is 15.3. The number of nitrogens with zero attached hydrogens (tertiary/aromatic N) is 2. The first-order chi connectivity index (χ1) is 6.75. The van der Waals surface area contributed by atoms with Gasteiger partial charge in [-0.2, -0.15) is 5.10 Å². The molecule has 2 rings (SSSR count). The molecule has 14 heavy (non-hydrogen) atoms. The van der Waals surface area contributed by atoms with Crippen LogP contribution in [0.4, 0.5) is 0 Å². The van der Waals surface area contributed by atoms with E-state index in [0.29, 0.717) is 12.0 Å². The molecule has 78 valence electrons. The summed E-state index contributed by atoms with van der Waals surface area (Å²) in [6.45, 7) is 6.61. The van der Waals surface area contributed by atoms with E-state index in [1.165, 1.54) is 18.4 Å². The lowest BCUT2D eigenvalue weighted by molar-refractivity contribution is 0.482. The summed E-state index contributed by atoms with van der Waals surface area (Å²) in [7, 11) is 0. The van der Waals surface area contributed by atoms with E-state index in [9.17, 15) is 0 Å². The second-order valence-corrected chi connectivity index (χ2v) is 4.54. The van der Waals surface area contributed by atoms with Crippen LogP contribution in [0.1, 0.15) is 38.3 Å². The third-order valence-corrected chi connectivity index (χ3v) is 2.67. The zero-order chi connectivity index (χ0) is 9.97. The highest BCUT2D eigenvalue weighted by molar-refractivity contribution is 5.11. The van der Waals surface area contributed by atoms with Gasteiger partial charge in [0.05, 0.1) is 6.20 Å². The zero-order valence-corrected chi connectivity index (χ0v) is 9.03. The van der Waals surface area contributed by atoms with Gasteiger partial charge in [-0.1, -0.05) is 13.8 Å². The Morgan fingerprint density at radius 2 is 2.50 bits per heavy atom. The molecule has 1 unspecified atom stereocenters. The van der Waals surface area contributed by atoms with E-state index in [-0.39, 0.29) is 0 Å². The van der Waals surface area contributed by atoms with Gasteiger partial charge in [0.2, 0.25) is 0 Å². The van der Waals surface area contributed by atoms with Gasteiger partial charge in [-0.15, -0.1) is 0 Å². The predicted octanol–water partition coefficient (Wildman–Crippen LogP) is 1.96. The Balaban J connectivity index is 2.01. The van der Waals surface area contributed by atoms with Gasteiger partial charge >= 0.3 is 0 Å². The number of hydrogen-bond donors (Lipinski definition) is 1. The van der Waals surface area contributed by atoms with Crippen molar-refractivity contribution in [1.82, 2.24) is 15.1 Å². The molecule has 0 amide bonds. The Hall–Kier alpha value is -0.830. The van der Waals surface area contributed by atoms with E-state index in [1.807, 2.05) is 6.20 Å². The fourth-order valence-corrected chi connectivity index (χ4v) is 2.00. The van der Waals surface area contributed by atoms with E-state index < -0.39 is 0 Å². The molecule has 0 spiro atoms. The molecular formula is C11H19N3. The minimum atomic E-state index is 0.552. The highest BCUT2D eigenvalue weighted by Crippen LogP contribution is 2.22. The van der Waals surface area contributed by atoms with Crippen molar-refractivity contribution in [2.24, 2.45) is 5.92 Å². The molecule has 3 nitrogen and oxygen atoms in total. The van der Waals surface area contributed by atoms with Gasteiger partial charge in [-0.05, 0) is 25.3 Å². The largest absolute Gasteiger partial charge is 0.310 e. The maximum Gasteiger partial charge on any atom is 0.0537 e. The lowest BCUT2D eigenvalue weighted by Crippen LogP contribution is -2.12. The van der Waals surface area contributed by atoms with Crippen molar-refractivity contribution in [2.75, 3.05) is 6.54 Å². The quantitative estimate of drug-likeness (QED) is 0.795. The molecule has 0 radical (unpaired) electrons. The number of hydrogen-bond acceptors (Lipinski definition) is 2. The lowest BCUT2D eigenvalue weighted by atomic mass is 10.1. The maximum absolute atomic E-state index is 4.38. The van der Waals surface area contributed by atoms with Crippen LogP contribution in [0.25, 0.3) is 0 Å². The van der Waals surface area contributed by atoms with Crippen LogP contribution in [0.15, 0.2) is 12.4 Å². The first-order valence-electron chi connectivity index (χ1n) is 5.51. The van der Waals surface area contributed by atoms with Crippen LogP contribution in [0.2, 0.25) is 0 Å². The van der Waals surface area contributed by atoms with Crippen LogP contribution in [0, 0.1) is 5.92 Å².